The summed E-state index contributed by atoms with van der Waals surface area (Å²) in [5.74, 6) is 1.09. The van der Waals surface area contributed by atoms with Crippen LogP contribution in [-0.2, 0) is 0 Å². The number of hydrogen-bond acceptors (Lipinski definition) is 3. The molecule has 0 aromatic carbocycles. The maximum Gasteiger partial charge on any atom is 0.111 e. The number of allylic oxidation sites excluding steroid dienone is 4. The summed E-state index contributed by atoms with van der Waals surface area (Å²) in [5.41, 5.74) is -0.000398. The van der Waals surface area contributed by atoms with Crippen LogP contribution in [0.25, 0.3) is 0 Å². The Morgan fingerprint density at radius 2 is 1.08 bits per heavy atom. The van der Waals surface area contributed by atoms with Crippen LogP contribution in [0.2, 0.25) is 0 Å². The van der Waals surface area contributed by atoms with E-state index in [2.05, 4.69) is 67.5 Å². The molecule has 0 saturated heterocycles. The lowest BCUT2D eigenvalue weighted by Gasteiger charge is -2.57. The molecule has 4 atom stereocenters. The molecule has 0 radical (unpaired) electrons. The average molecular weight is 363 g/mol. The van der Waals surface area contributed by atoms with Crippen molar-refractivity contribution in [1.29, 1.82) is 0 Å². The summed E-state index contributed by atoms with van der Waals surface area (Å²) in [6, 6.07) is 0. The van der Waals surface area contributed by atoms with Crippen molar-refractivity contribution in [3.63, 3.8) is 0 Å². The second-order valence-electron chi connectivity index (χ2n) is 9.62. The largest absolute Gasteiger partial charge is 0.508 e. The molecule has 0 amide bonds. The van der Waals surface area contributed by atoms with Crippen LogP contribution in [-0.4, -0.2) is 19.7 Å². The summed E-state index contributed by atoms with van der Waals surface area (Å²) in [4.78, 5) is 0. The van der Waals surface area contributed by atoms with Crippen LogP contribution in [0, 0.1) is 22.7 Å². The van der Waals surface area contributed by atoms with Crippen molar-refractivity contribution in [1.82, 2.24) is 0 Å². The van der Waals surface area contributed by atoms with Crippen molar-refractivity contribution in [2.45, 2.75) is 64.9 Å². The van der Waals surface area contributed by atoms with E-state index in [1.54, 1.807) is 0 Å². The molecule has 0 spiro atoms. The number of aliphatic hydroxyl groups excluding tert-OH is 2. The molecular weight excluding hydrogens is 328 g/mol. The minimum absolute atomic E-state index is 0.000199. The second kappa shape index (κ2) is 6.26. The molecule has 25 heavy (non-hydrogen) atoms. The van der Waals surface area contributed by atoms with Gasteiger partial charge in [-0.15, -0.1) is 11.8 Å². The molecule has 2 nitrogen and oxygen atoms in total. The van der Waals surface area contributed by atoms with E-state index in [1.165, 1.54) is 0 Å². The van der Waals surface area contributed by atoms with Gasteiger partial charge in [-0.3, -0.25) is 0 Å². The van der Waals surface area contributed by atoms with Crippen LogP contribution in [0.15, 0.2) is 48.0 Å². The third-order valence-corrected chi connectivity index (χ3v) is 8.80. The monoisotopic (exact) mass is 362 g/mol. The van der Waals surface area contributed by atoms with E-state index in [0.29, 0.717) is 11.5 Å². The molecule has 3 heteroatoms. The minimum atomic E-state index is -0.161. The van der Waals surface area contributed by atoms with Gasteiger partial charge in [0.05, 0.1) is 0 Å². The molecule has 0 aromatic heterocycles. The van der Waals surface area contributed by atoms with Crippen molar-refractivity contribution in [3.05, 3.63) is 48.0 Å². The van der Waals surface area contributed by atoms with E-state index in [-0.39, 0.29) is 32.2 Å². The van der Waals surface area contributed by atoms with Crippen LogP contribution in [0.3, 0.4) is 0 Å². The Hall–Kier alpha value is -1.09. The Kier molecular flexibility index (Phi) is 5.07. The van der Waals surface area contributed by atoms with Crippen LogP contribution in [0.5, 0.6) is 0 Å². The first-order valence-electron chi connectivity index (χ1n) is 9.15. The normalized spacial score (nSPS) is 36.2. The summed E-state index contributed by atoms with van der Waals surface area (Å²) < 4.78 is -0.322. The number of hydrogen-bond donors (Lipinski definition) is 2. The Labute approximate surface area is 157 Å². The zero-order chi connectivity index (χ0) is 19.3. The van der Waals surface area contributed by atoms with E-state index in [1.807, 2.05) is 36.1 Å². The molecule has 2 aliphatic rings. The number of rotatable bonds is 2. The summed E-state index contributed by atoms with van der Waals surface area (Å²) in [7, 11) is 0. The minimum Gasteiger partial charge on any atom is -0.508 e. The maximum atomic E-state index is 10.0. The Morgan fingerprint density at radius 1 is 0.760 bits per heavy atom. The molecule has 4 unspecified atom stereocenters. The fourth-order valence-corrected chi connectivity index (χ4v) is 6.25. The van der Waals surface area contributed by atoms with Crippen molar-refractivity contribution in [2.75, 3.05) is 0 Å². The lowest BCUT2D eigenvalue weighted by atomic mass is 9.69. The molecule has 0 heterocycles. The Balaban J connectivity index is 2.61. The quantitative estimate of drug-likeness (QED) is 0.582. The molecular formula is C22H34O2S. The predicted molar refractivity (Wildman–Crippen MR) is 110 cm³/mol. The average Bonchev–Trinajstić information content (AvgIpc) is 2.42. The van der Waals surface area contributed by atoms with Gasteiger partial charge in [0.15, 0.2) is 0 Å². The SMILES string of the molecule is CC1C=C(O)C=CC1(SC1(C(C)(C)C)C=CC(O)=CC1C)C(C)(C)C. The first-order valence-corrected chi connectivity index (χ1v) is 9.97. The van der Waals surface area contributed by atoms with Crippen LogP contribution >= 0.6 is 11.8 Å². The van der Waals surface area contributed by atoms with Gasteiger partial charge in [-0.1, -0.05) is 67.5 Å². The molecule has 0 bridgehead atoms. The van der Waals surface area contributed by atoms with Gasteiger partial charge in [-0.2, -0.15) is 0 Å². The molecule has 2 aliphatic carbocycles. The summed E-state index contributed by atoms with van der Waals surface area (Å²) in [5, 5.41) is 20.0. The molecule has 2 N–H and O–H groups in total. The van der Waals surface area contributed by atoms with Gasteiger partial charge >= 0.3 is 0 Å². The van der Waals surface area contributed by atoms with Gasteiger partial charge in [0, 0.05) is 9.49 Å². The highest BCUT2D eigenvalue weighted by Gasteiger charge is 2.55. The smallest absolute Gasteiger partial charge is 0.111 e. The van der Waals surface area contributed by atoms with Gasteiger partial charge in [-0.25, -0.2) is 0 Å². The van der Waals surface area contributed by atoms with Crippen molar-refractivity contribution >= 4 is 11.8 Å². The standard InChI is InChI=1S/C22H34O2S/c1-15-13-17(23)9-11-21(15,19(3,4)5)25-22(20(6,7)8)12-10-18(24)14-16(22)2/h9-16,23-24H,1-8H3. The van der Waals surface area contributed by atoms with Crippen molar-refractivity contribution < 1.29 is 10.2 Å². The molecule has 0 aromatic rings. The fraction of sp³-hybridized carbons (Fsp3) is 0.636. The first-order chi connectivity index (χ1) is 11.3. The van der Waals surface area contributed by atoms with E-state index in [9.17, 15) is 10.2 Å². The van der Waals surface area contributed by atoms with Gasteiger partial charge < -0.3 is 10.2 Å². The summed E-state index contributed by atoms with van der Waals surface area (Å²) in [6.07, 6.45) is 12.0. The fourth-order valence-electron chi connectivity index (χ4n) is 4.30. The third-order valence-electron chi connectivity index (χ3n) is 5.88. The lowest BCUT2D eigenvalue weighted by Crippen LogP contribution is -2.53. The Bertz CT molecular complexity index is 586. The Morgan fingerprint density at radius 3 is 1.32 bits per heavy atom. The topological polar surface area (TPSA) is 40.5 Å². The lowest BCUT2D eigenvalue weighted by molar-refractivity contribution is 0.244. The van der Waals surface area contributed by atoms with Crippen LogP contribution in [0.1, 0.15) is 55.4 Å². The molecule has 140 valence electrons. The second-order valence-corrected chi connectivity index (χ2v) is 11.2. The highest BCUT2D eigenvalue weighted by Crippen LogP contribution is 2.62. The predicted octanol–water partition coefficient (Wildman–Crippen LogP) is 6.59. The van der Waals surface area contributed by atoms with Gasteiger partial charge in [0.2, 0.25) is 0 Å². The molecule has 2 rings (SSSR count). The summed E-state index contributed by atoms with van der Waals surface area (Å²) in [6.45, 7) is 18.0. The van der Waals surface area contributed by atoms with E-state index < -0.39 is 0 Å². The van der Waals surface area contributed by atoms with Gasteiger partial charge in [0.1, 0.15) is 11.5 Å². The van der Waals surface area contributed by atoms with Crippen molar-refractivity contribution in [2.24, 2.45) is 22.7 Å². The highest BCUT2D eigenvalue weighted by atomic mass is 32.2. The maximum absolute atomic E-state index is 10.0. The van der Waals surface area contributed by atoms with E-state index in [4.69, 9.17) is 0 Å². The molecule has 0 saturated carbocycles. The van der Waals surface area contributed by atoms with Gasteiger partial charge in [-0.05, 0) is 47.0 Å². The van der Waals surface area contributed by atoms with E-state index >= 15 is 0 Å². The molecule has 0 fully saturated rings. The number of thioether (sulfide) groups is 1. The van der Waals surface area contributed by atoms with Gasteiger partial charge in [0.25, 0.3) is 0 Å². The highest BCUT2D eigenvalue weighted by molar-refractivity contribution is 8.02. The van der Waals surface area contributed by atoms with Crippen LogP contribution in [0.4, 0.5) is 0 Å². The number of aliphatic hydroxyl groups is 2. The zero-order valence-electron chi connectivity index (χ0n) is 16.9. The summed E-state index contributed by atoms with van der Waals surface area (Å²) >= 11 is 1.99. The van der Waals surface area contributed by atoms with Crippen LogP contribution < -0.4 is 0 Å². The van der Waals surface area contributed by atoms with Crippen molar-refractivity contribution in [3.8, 4) is 0 Å². The molecule has 0 aliphatic heterocycles. The third kappa shape index (κ3) is 3.32. The first kappa shape index (κ1) is 20.2. The zero-order valence-corrected chi connectivity index (χ0v) is 17.7. The van der Waals surface area contributed by atoms with E-state index in [0.717, 1.165) is 0 Å².